The molecule has 1 aromatic rings. The molecule has 90 valence electrons. The van der Waals surface area contributed by atoms with Crippen LogP contribution in [0.15, 0.2) is 24.3 Å². The second kappa shape index (κ2) is 7.36. The lowest BCUT2D eigenvalue weighted by molar-refractivity contribution is 0.211. The maximum absolute atomic E-state index is 9.35. The smallest absolute Gasteiger partial charge is 0.142 e. The molecule has 4 heteroatoms. The number of hydrogen-bond donors (Lipinski definition) is 2. The molecule has 1 atom stereocenters. The van der Waals surface area contributed by atoms with Gasteiger partial charge >= 0.3 is 0 Å². The lowest BCUT2D eigenvalue weighted by Crippen LogP contribution is -2.21. The van der Waals surface area contributed by atoms with E-state index in [-0.39, 0.29) is 5.88 Å². The first-order valence-electron chi connectivity index (χ1n) is 5.47. The van der Waals surface area contributed by atoms with Crippen LogP contribution in [0.3, 0.4) is 0 Å². The highest BCUT2D eigenvalue weighted by Gasteiger charge is 2.05. The van der Waals surface area contributed by atoms with E-state index >= 15 is 0 Å². The van der Waals surface area contributed by atoms with Gasteiger partial charge in [-0.25, -0.2) is 0 Å². The van der Waals surface area contributed by atoms with Crippen molar-refractivity contribution in [3.63, 3.8) is 0 Å². The highest BCUT2D eigenvalue weighted by Crippen LogP contribution is 2.23. The van der Waals surface area contributed by atoms with Crippen molar-refractivity contribution in [2.75, 3.05) is 24.3 Å². The first kappa shape index (κ1) is 13.1. The molecule has 0 radical (unpaired) electrons. The number of nitrogens with one attached hydrogen (secondary N) is 1. The van der Waals surface area contributed by atoms with Crippen LogP contribution >= 0.6 is 11.6 Å². The Morgan fingerprint density at radius 3 is 2.88 bits per heavy atom. The van der Waals surface area contributed by atoms with Gasteiger partial charge in [0.2, 0.25) is 0 Å². The zero-order valence-corrected chi connectivity index (χ0v) is 10.2. The number of halogens is 1. The summed E-state index contributed by atoms with van der Waals surface area (Å²) in [6.07, 6.45) is 0.430. The van der Waals surface area contributed by atoms with E-state index in [0.717, 1.165) is 17.9 Å². The summed E-state index contributed by atoms with van der Waals surface area (Å²) in [6.45, 7) is 3.18. The average Bonchev–Trinajstić information content (AvgIpc) is 2.34. The Bertz CT molecular complexity index is 307. The first-order chi connectivity index (χ1) is 7.77. The van der Waals surface area contributed by atoms with Crippen LogP contribution in [0.2, 0.25) is 0 Å². The molecule has 1 rings (SSSR count). The molecule has 0 spiro atoms. The molecule has 0 aromatic heterocycles. The summed E-state index contributed by atoms with van der Waals surface area (Å²) in [7, 11) is 0. The van der Waals surface area contributed by atoms with Gasteiger partial charge in [-0.1, -0.05) is 19.1 Å². The van der Waals surface area contributed by atoms with Crippen LogP contribution in [0.25, 0.3) is 0 Å². The van der Waals surface area contributed by atoms with Crippen LogP contribution in [-0.2, 0) is 0 Å². The average molecular weight is 244 g/mol. The molecule has 2 N–H and O–H groups in total. The van der Waals surface area contributed by atoms with E-state index in [1.54, 1.807) is 0 Å². The van der Waals surface area contributed by atoms with E-state index in [4.69, 9.17) is 16.3 Å². The molecule has 0 bridgehead atoms. The highest BCUT2D eigenvalue weighted by molar-refractivity contribution is 6.18. The van der Waals surface area contributed by atoms with Gasteiger partial charge in [-0.2, -0.15) is 0 Å². The summed E-state index contributed by atoms with van der Waals surface area (Å²) in [6, 6.07) is 7.68. The fraction of sp³-hybridized carbons (Fsp3) is 0.500. The van der Waals surface area contributed by atoms with E-state index in [1.807, 2.05) is 24.3 Å². The number of anilines is 1. The van der Waals surface area contributed by atoms with Gasteiger partial charge in [0.15, 0.2) is 0 Å². The minimum atomic E-state index is -0.541. The molecule has 0 fully saturated rings. The Morgan fingerprint density at radius 1 is 1.44 bits per heavy atom. The number of alkyl halides is 1. The molecule has 0 aliphatic rings. The minimum absolute atomic E-state index is 0.227. The van der Waals surface area contributed by atoms with E-state index < -0.39 is 6.10 Å². The fourth-order valence-corrected chi connectivity index (χ4v) is 1.34. The van der Waals surface area contributed by atoms with Crippen LogP contribution in [0.5, 0.6) is 5.75 Å². The number of ether oxygens (including phenoxy) is 1. The molecule has 3 nitrogen and oxygen atoms in total. The second-order valence-corrected chi connectivity index (χ2v) is 3.84. The highest BCUT2D eigenvalue weighted by atomic mass is 35.5. The largest absolute Gasteiger partial charge is 0.491 e. The Balaban J connectivity index is 2.56. The third kappa shape index (κ3) is 4.29. The van der Waals surface area contributed by atoms with Crippen molar-refractivity contribution in [1.29, 1.82) is 0 Å². The quantitative estimate of drug-likeness (QED) is 0.723. The van der Waals surface area contributed by atoms with Gasteiger partial charge in [0, 0.05) is 6.54 Å². The number of hydrogen-bond acceptors (Lipinski definition) is 3. The Hall–Kier alpha value is -0.930. The molecule has 0 saturated carbocycles. The molecule has 0 heterocycles. The molecule has 0 amide bonds. The summed E-state index contributed by atoms with van der Waals surface area (Å²) in [5.74, 6) is 1.04. The van der Waals surface area contributed by atoms with Gasteiger partial charge in [-0.15, -0.1) is 11.6 Å². The monoisotopic (exact) mass is 243 g/mol. The van der Waals surface area contributed by atoms with Gasteiger partial charge in [0.25, 0.3) is 0 Å². The van der Waals surface area contributed by atoms with Crippen molar-refractivity contribution >= 4 is 17.3 Å². The first-order valence-corrected chi connectivity index (χ1v) is 6.01. The van der Waals surface area contributed by atoms with Crippen molar-refractivity contribution in [1.82, 2.24) is 0 Å². The molecule has 0 saturated heterocycles. The molecular weight excluding hydrogens is 226 g/mol. The predicted molar refractivity (Wildman–Crippen MR) is 67.4 cm³/mol. The number of aliphatic hydroxyl groups excluding tert-OH is 1. The SMILES string of the molecule is CCCOc1ccccc1NCC(O)CCl. The van der Waals surface area contributed by atoms with E-state index in [9.17, 15) is 5.11 Å². The molecule has 0 aliphatic heterocycles. The third-order valence-electron chi connectivity index (χ3n) is 2.06. The predicted octanol–water partition coefficient (Wildman–Crippen LogP) is 2.49. The Morgan fingerprint density at radius 2 is 2.19 bits per heavy atom. The molecule has 1 unspecified atom stereocenters. The van der Waals surface area contributed by atoms with Crippen LogP contribution in [0.4, 0.5) is 5.69 Å². The summed E-state index contributed by atoms with van der Waals surface area (Å²) in [5, 5.41) is 12.5. The molecule has 16 heavy (non-hydrogen) atoms. The van der Waals surface area contributed by atoms with E-state index in [0.29, 0.717) is 13.2 Å². The van der Waals surface area contributed by atoms with Gasteiger partial charge in [-0.05, 0) is 18.6 Å². The van der Waals surface area contributed by atoms with E-state index in [1.165, 1.54) is 0 Å². The Kier molecular flexibility index (Phi) is 6.04. The lowest BCUT2D eigenvalue weighted by atomic mass is 10.2. The third-order valence-corrected chi connectivity index (χ3v) is 2.41. The summed E-state index contributed by atoms with van der Waals surface area (Å²) in [4.78, 5) is 0. The molecule has 0 aliphatic carbocycles. The number of para-hydroxylation sites is 2. The Labute approximate surface area is 101 Å². The van der Waals surface area contributed by atoms with Crippen molar-refractivity contribution < 1.29 is 9.84 Å². The molecule has 1 aromatic carbocycles. The number of rotatable bonds is 7. The number of benzene rings is 1. The maximum Gasteiger partial charge on any atom is 0.142 e. The van der Waals surface area contributed by atoms with Gasteiger partial charge in [-0.3, -0.25) is 0 Å². The van der Waals surface area contributed by atoms with Gasteiger partial charge in [0.05, 0.1) is 24.3 Å². The van der Waals surface area contributed by atoms with Crippen LogP contribution < -0.4 is 10.1 Å². The summed E-state index contributed by atoms with van der Waals surface area (Å²) >= 11 is 5.52. The zero-order valence-electron chi connectivity index (χ0n) is 9.45. The van der Waals surface area contributed by atoms with Crippen molar-refractivity contribution in [2.45, 2.75) is 19.4 Å². The zero-order chi connectivity index (χ0) is 11.8. The second-order valence-electron chi connectivity index (χ2n) is 3.53. The van der Waals surface area contributed by atoms with Gasteiger partial charge in [0.1, 0.15) is 5.75 Å². The van der Waals surface area contributed by atoms with Crippen LogP contribution in [0.1, 0.15) is 13.3 Å². The minimum Gasteiger partial charge on any atom is -0.491 e. The molecular formula is C12H18ClNO2. The normalized spacial score (nSPS) is 12.2. The summed E-state index contributed by atoms with van der Waals surface area (Å²) in [5.41, 5.74) is 0.889. The van der Waals surface area contributed by atoms with Crippen molar-refractivity contribution in [3.8, 4) is 5.75 Å². The van der Waals surface area contributed by atoms with Crippen LogP contribution in [-0.4, -0.2) is 30.2 Å². The maximum atomic E-state index is 9.35. The summed E-state index contributed by atoms with van der Waals surface area (Å²) < 4.78 is 5.58. The van der Waals surface area contributed by atoms with E-state index in [2.05, 4.69) is 12.2 Å². The van der Waals surface area contributed by atoms with Crippen molar-refractivity contribution in [3.05, 3.63) is 24.3 Å². The van der Waals surface area contributed by atoms with Gasteiger partial charge < -0.3 is 15.2 Å². The lowest BCUT2D eigenvalue weighted by Gasteiger charge is -2.14. The van der Waals surface area contributed by atoms with Crippen LogP contribution in [0, 0.1) is 0 Å². The standard InChI is InChI=1S/C12H18ClNO2/c1-2-7-16-12-6-4-3-5-11(12)14-9-10(15)8-13/h3-6,10,14-15H,2,7-9H2,1H3. The topological polar surface area (TPSA) is 41.5 Å². The fourth-order valence-electron chi connectivity index (χ4n) is 1.23. The number of aliphatic hydroxyl groups is 1. The van der Waals surface area contributed by atoms with Crippen molar-refractivity contribution in [2.24, 2.45) is 0 Å².